The van der Waals surface area contributed by atoms with Gasteiger partial charge < -0.3 is 14.6 Å². The Morgan fingerprint density at radius 1 is 1.36 bits per heavy atom. The average Bonchev–Trinajstić information content (AvgIpc) is 2.00. The first-order chi connectivity index (χ1) is 6.45. The Morgan fingerprint density at radius 2 is 2.00 bits per heavy atom. The summed E-state index contributed by atoms with van der Waals surface area (Å²) in [6.45, 7) is 5.63. The van der Waals surface area contributed by atoms with E-state index >= 15 is 0 Å². The van der Waals surface area contributed by atoms with Crippen molar-refractivity contribution in [1.82, 2.24) is 0 Å². The second-order valence-corrected chi connectivity index (χ2v) is 3.76. The van der Waals surface area contributed by atoms with Crippen molar-refractivity contribution >= 4 is 5.97 Å². The molecule has 1 N–H and O–H groups in total. The van der Waals surface area contributed by atoms with Gasteiger partial charge in [-0.1, -0.05) is 12.2 Å². The summed E-state index contributed by atoms with van der Waals surface area (Å²) in [7, 11) is 0. The van der Waals surface area contributed by atoms with Gasteiger partial charge >= 0.3 is 5.97 Å². The molecule has 0 unspecified atom stereocenters. The lowest BCUT2D eigenvalue weighted by molar-refractivity contribution is -0.159. The van der Waals surface area contributed by atoms with Gasteiger partial charge in [0.2, 0.25) is 0 Å². The minimum Gasteiger partial charge on any atom is -0.458 e. The van der Waals surface area contributed by atoms with Gasteiger partial charge in [-0.25, -0.2) is 4.79 Å². The van der Waals surface area contributed by atoms with Crippen LogP contribution in [0.3, 0.4) is 0 Å². The third-order valence-electron chi connectivity index (χ3n) is 1.13. The zero-order valence-electron chi connectivity index (χ0n) is 8.95. The number of hydrogen-bond acceptors (Lipinski definition) is 4. The molecule has 14 heavy (non-hydrogen) atoms. The maximum absolute atomic E-state index is 11.1. The number of esters is 1. The van der Waals surface area contributed by atoms with Gasteiger partial charge in [-0.15, -0.1) is 0 Å². The third-order valence-corrected chi connectivity index (χ3v) is 1.13. The predicted octanol–water partition coefficient (Wildman–Crippen LogP) is 0.893. The molecule has 0 amide bonds. The summed E-state index contributed by atoms with van der Waals surface area (Å²) < 4.78 is 9.98. The molecule has 0 aliphatic rings. The van der Waals surface area contributed by atoms with E-state index in [-0.39, 0.29) is 19.2 Å². The lowest BCUT2D eigenvalue weighted by Crippen LogP contribution is -2.26. The zero-order chi connectivity index (χ0) is 11.0. The van der Waals surface area contributed by atoms with Crippen molar-refractivity contribution in [2.24, 2.45) is 0 Å². The molecule has 82 valence electrons. The highest BCUT2D eigenvalue weighted by atomic mass is 16.6. The summed E-state index contributed by atoms with van der Waals surface area (Å²) in [4.78, 5) is 11.1. The van der Waals surface area contributed by atoms with Gasteiger partial charge in [-0.05, 0) is 20.8 Å². The standard InChI is InChI=1S/C10H18O4/c1-10(2,3)14-9(12)8-13-7-5-4-6-11/h4-5,11H,6-8H2,1-3H3/b5-4-. The molecule has 0 heterocycles. The molecule has 4 heteroatoms. The fourth-order valence-electron chi connectivity index (χ4n) is 0.724. The van der Waals surface area contributed by atoms with Crippen LogP contribution in [0.5, 0.6) is 0 Å². The van der Waals surface area contributed by atoms with E-state index in [0.717, 1.165) is 0 Å². The van der Waals surface area contributed by atoms with Crippen molar-refractivity contribution in [3.8, 4) is 0 Å². The van der Waals surface area contributed by atoms with Gasteiger partial charge in [0.1, 0.15) is 12.2 Å². The predicted molar refractivity (Wildman–Crippen MR) is 52.9 cm³/mol. The molecular weight excluding hydrogens is 184 g/mol. The first kappa shape index (κ1) is 13.1. The van der Waals surface area contributed by atoms with Crippen molar-refractivity contribution in [1.29, 1.82) is 0 Å². The number of ether oxygens (including phenoxy) is 2. The number of aliphatic hydroxyl groups excluding tert-OH is 1. The van der Waals surface area contributed by atoms with Gasteiger partial charge in [-0.2, -0.15) is 0 Å². The number of hydrogen-bond donors (Lipinski definition) is 1. The van der Waals surface area contributed by atoms with E-state index in [1.807, 2.05) is 0 Å². The molecule has 0 aromatic heterocycles. The molecule has 0 bridgehead atoms. The van der Waals surface area contributed by atoms with Crippen LogP contribution in [0.1, 0.15) is 20.8 Å². The maximum atomic E-state index is 11.1. The molecule has 0 aromatic carbocycles. The van der Waals surface area contributed by atoms with Gasteiger partial charge in [-0.3, -0.25) is 0 Å². The first-order valence-electron chi connectivity index (χ1n) is 4.51. The first-order valence-corrected chi connectivity index (χ1v) is 4.51. The molecule has 0 spiro atoms. The number of aliphatic hydroxyl groups is 1. The summed E-state index contributed by atoms with van der Waals surface area (Å²) >= 11 is 0. The van der Waals surface area contributed by atoms with Gasteiger partial charge in [0, 0.05) is 0 Å². The molecule has 0 radical (unpaired) electrons. The van der Waals surface area contributed by atoms with Crippen LogP contribution in [0, 0.1) is 0 Å². The van der Waals surface area contributed by atoms with E-state index < -0.39 is 5.60 Å². The summed E-state index contributed by atoms with van der Waals surface area (Å²) in [5.41, 5.74) is -0.471. The monoisotopic (exact) mass is 202 g/mol. The molecule has 0 atom stereocenters. The SMILES string of the molecule is CC(C)(C)OC(=O)COC/C=C\CO. The minimum absolute atomic E-state index is 0.0181. The van der Waals surface area contributed by atoms with E-state index in [1.54, 1.807) is 32.9 Å². The van der Waals surface area contributed by atoms with Crippen molar-refractivity contribution in [2.75, 3.05) is 19.8 Å². The van der Waals surface area contributed by atoms with Crippen molar-refractivity contribution in [3.63, 3.8) is 0 Å². The minimum atomic E-state index is -0.471. The Bertz CT molecular complexity index is 191. The maximum Gasteiger partial charge on any atom is 0.332 e. The van der Waals surface area contributed by atoms with Gasteiger partial charge in [0.15, 0.2) is 0 Å². The quantitative estimate of drug-likeness (QED) is 0.409. The Kier molecular flexibility index (Phi) is 6.16. The summed E-state index contributed by atoms with van der Waals surface area (Å²) in [5.74, 6) is -0.380. The van der Waals surface area contributed by atoms with Crippen molar-refractivity contribution < 1.29 is 19.4 Å². The Morgan fingerprint density at radius 3 is 2.50 bits per heavy atom. The van der Waals surface area contributed by atoms with Crippen LogP contribution in [-0.2, 0) is 14.3 Å². The Hall–Kier alpha value is -0.870. The Balaban J connectivity index is 3.50. The highest BCUT2D eigenvalue weighted by Gasteiger charge is 2.15. The van der Waals surface area contributed by atoms with E-state index in [0.29, 0.717) is 6.61 Å². The lowest BCUT2D eigenvalue weighted by Gasteiger charge is -2.19. The summed E-state index contributed by atoms with van der Waals surface area (Å²) in [6.07, 6.45) is 3.19. The topological polar surface area (TPSA) is 55.8 Å². The molecule has 0 aliphatic carbocycles. The van der Waals surface area contributed by atoms with Crippen molar-refractivity contribution in [2.45, 2.75) is 26.4 Å². The number of carbonyl (C=O) groups is 1. The normalized spacial score (nSPS) is 12.0. The fraction of sp³-hybridized carbons (Fsp3) is 0.700. The smallest absolute Gasteiger partial charge is 0.332 e. The molecule has 0 saturated carbocycles. The third kappa shape index (κ3) is 9.22. The highest BCUT2D eigenvalue weighted by molar-refractivity contribution is 5.71. The lowest BCUT2D eigenvalue weighted by atomic mass is 10.2. The molecule has 0 fully saturated rings. The van der Waals surface area contributed by atoms with E-state index in [4.69, 9.17) is 14.6 Å². The second-order valence-electron chi connectivity index (χ2n) is 3.76. The van der Waals surface area contributed by atoms with Crippen molar-refractivity contribution in [3.05, 3.63) is 12.2 Å². The van der Waals surface area contributed by atoms with Crippen LogP contribution in [-0.4, -0.2) is 36.5 Å². The molecule has 0 saturated heterocycles. The number of rotatable bonds is 5. The molecule has 0 aliphatic heterocycles. The van der Waals surface area contributed by atoms with Crippen LogP contribution in [0.15, 0.2) is 12.2 Å². The van der Waals surface area contributed by atoms with Crippen LogP contribution in [0.2, 0.25) is 0 Å². The van der Waals surface area contributed by atoms with E-state index in [1.165, 1.54) is 0 Å². The van der Waals surface area contributed by atoms with E-state index in [9.17, 15) is 4.79 Å². The molecule has 0 aromatic rings. The molecular formula is C10H18O4. The largest absolute Gasteiger partial charge is 0.458 e. The highest BCUT2D eigenvalue weighted by Crippen LogP contribution is 2.06. The van der Waals surface area contributed by atoms with Crippen LogP contribution < -0.4 is 0 Å². The average molecular weight is 202 g/mol. The number of carbonyl (C=O) groups excluding carboxylic acids is 1. The van der Waals surface area contributed by atoms with Crippen LogP contribution >= 0.6 is 0 Å². The molecule has 4 nitrogen and oxygen atoms in total. The van der Waals surface area contributed by atoms with Crippen LogP contribution in [0.4, 0.5) is 0 Å². The summed E-state index contributed by atoms with van der Waals surface area (Å²) in [5, 5.41) is 8.39. The van der Waals surface area contributed by atoms with Gasteiger partial charge in [0.25, 0.3) is 0 Å². The van der Waals surface area contributed by atoms with E-state index in [2.05, 4.69) is 0 Å². The van der Waals surface area contributed by atoms with Gasteiger partial charge in [0.05, 0.1) is 13.2 Å². The second kappa shape index (κ2) is 6.56. The fourth-order valence-corrected chi connectivity index (χ4v) is 0.724. The zero-order valence-corrected chi connectivity index (χ0v) is 8.95. The Labute approximate surface area is 84.5 Å². The summed E-state index contributed by atoms with van der Waals surface area (Å²) in [6, 6.07) is 0. The molecule has 0 rings (SSSR count). The van der Waals surface area contributed by atoms with Crippen LogP contribution in [0.25, 0.3) is 0 Å².